The van der Waals surface area contributed by atoms with Gasteiger partial charge in [0, 0.05) is 12.6 Å². The first kappa shape index (κ1) is 12.0. The third-order valence-corrected chi connectivity index (χ3v) is 2.76. The van der Waals surface area contributed by atoms with Gasteiger partial charge in [-0.25, -0.2) is 0 Å². The second kappa shape index (κ2) is 6.38. The summed E-state index contributed by atoms with van der Waals surface area (Å²) >= 11 is 0. The molecule has 84 valence electrons. The molecule has 0 spiro atoms. The molecule has 0 amide bonds. The zero-order chi connectivity index (χ0) is 10.4. The van der Waals surface area contributed by atoms with Crippen LogP contribution in [0.15, 0.2) is 0 Å². The molecule has 0 saturated carbocycles. The lowest BCUT2D eigenvalue weighted by molar-refractivity contribution is 0.254. The van der Waals surface area contributed by atoms with E-state index >= 15 is 0 Å². The molecule has 1 unspecified atom stereocenters. The molecule has 1 aliphatic rings. The van der Waals surface area contributed by atoms with Crippen LogP contribution in [-0.2, 0) is 0 Å². The van der Waals surface area contributed by atoms with Crippen LogP contribution in [0.2, 0.25) is 0 Å². The standard InChI is InChI=1S/C11H25N3/c1-11-10-14(8-4-6-12-11)9-5-7-13(2)3/h11-12H,4-10H2,1-3H3. The molecule has 1 fully saturated rings. The van der Waals surface area contributed by atoms with E-state index in [0.29, 0.717) is 6.04 Å². The third kappa shape index (κ3) is 4.94. The van der Waals surface area contributed by atoms with Gasteiger partial charge in [-0.15, -0.1) is 0 Å². The lowest BCUT2D eigenvalue weighted by atomic mass is 10.3. The zero-order valence-electron chi connectivity index (χ0n) is 9.92. The second-order valence-electron chi connectivity index (χ2n) is 4.67. The van der Waals surface area contributed by atoms with Gasteiger partial charge in [-0.05, 0) is 60.0 Å². The molecular formula is C11H25N3. The summed E-state index contributed by atoms with van der Waals surface area (Å²) in [6.45, 7) is 8.41. The van der Waals surface area contributed by atoms with Crippen molar-refractivity contribution in [1.82, 2.24) is 15.1 Å². The van der Waals surface area contributed by atoms with Crippen LogP contribution in [0, 0.1) is 0 Å². The van der Waals surface area contributed by atoms with E-state index in [4.69, 9.17) is 0 Å². The van der Waals surface area contributed by atoms with Gasteiger partial charge in [0.15, 0.2) is 0 Å². The highest BCUT2D eigenvalue weighted by Gasteiger charge is 2.12. The minimum absolute atomic E-state index is 0.664. The first-order chi connectivity index (χ1) is 6.68. The highest BCUT2D eigenvalue weighted by Crippen LogP contribution is 2.01. The van der Waals surface area contributed by atoms with Crippen LogP contribution >= 0.6 is 0 Å². The van der Waals surface area contributed by atoms with Gasteiger partial charge in [0.2, 0.25) is 0 Å². The minimum atomic E-state index is 0.664. The molecule has 14 heavy (non-hydrogen) atoms. The fraction of sp³-hybridized carbons (Fsp3) is 1.00. The van der Waals surface area contributed by atoms with Crippen molar-refractivity contribution < 1.29 is 0 Å². The topological polar surface area (TPSA) is 18.5 Å². The quantitative estimate of drug-likeness (QED) is 0.716. The molecule has 1 aliphatic heterocycles. The summed E-state index contributed by atoms with van der Waals surface area (Å²) < 4.78 is 0. The first-order valence-corrected chi connectivity index (χ1v) is 5.79. The van der Waals surface area contributed by atoms with E-state index in [2.05, 4.69) is 36.1 Å². The number of rotatable bonds is 4. The number of hydrogen-bond donors (Lipinski definition) is 1. The van der Waals surface area contributed by atoms with Gasteiger partial charge in [-0.2, -0.15) is 0 Å². The van der Waals surface area contributed by atoms with Crippen molar-refractivity contribution in [2.45, 2.75) is 25.8 Å². The molecule has 1 N–H and O–H groups in total. The van der Waals surface area contributed by atoms with Gasteiger partial charge in [0.05, 0.1) is 0 Å². The van der Waals surface area contributed by atoms with E-state index in [1.807, 2.05) is 0 Å². The highest BCUT2D eigenvalue weighted by molar-refractivity contribution is 4.72. The smallest absolute Gasteiger partial charge is 0.0166 e. The molecular weight excluding hydrogens is 174 g/mol. The zero-order valence-corrected chi connectivity index (χ0v) is 9.92. The average molecular weight is 199 g/mol. The van der Waals surface area contributed by atoms with Crippen LogP contribution < -0.4 is 5.32 Å². The van der Waals surface area contributed by atoms with Crippen LogP contribution in [0.3, 0.4) is 0 Å². The molecule has 1 rings (SSSR count). The lowest BCUT2D eigenvalue weighted by Gasteiger charge is -2.22. The fourth-order valence-electron chi connectivity index (χ4n) is 2.01. The normalized spacial score (nSPS) is 25.3. The van der Waals surface area contributed by atoms with Gasteiger partial charge >= 0.3 is 0 Å². The second-order valence-corrected chi connectivity index (χ2v) is 4.67. The molecule has 0 aliphatic carbocycles. The summed E-state index contributed by atoms with van der Waals surface area (Å²) in [5, 5.41) is 3.52. The van der Waals surface area contributed by atoms with Crippen LogP contribution in [0.5, 0.6) is 0 Å². The Morgan fingerprint density at radius 2 is 2.21 bits per heavy atom. The Hall–Kier alpha value is -0.120. The van der Waals surface area contributed by atoms with Crippen molar-refractivity contribution in [2.75, 3.05) is 46.8 Å². The van der Waals surface area contributed by atoms with E-state index in [9.17, 15) is 0 Å². The predicted octanol–water partition coefficient (Wildman–Crippen LogP) is 0.622. The Bertz CT molecular complexity index is 147. The fourth-order valence-corrected chi connectivity index (χ4v) is 2.01. The van der Waals surface area contributed by atoms with Crippen LogP contribution in [0.4, 0.5) is 0 Å². The Morgan fingerprint density at radius 1 is 1.43 bits per heavy atom. The summed E-state index contributed by atoms with van der Waals surface area (Å²) in [6, 6.07) is 0.664. The number of nitrogens with one attached hydrogen (secondary N) is 1. The van der Waals surface area contributed by atoms with Crippen molar-refractivity contribution in [2.24, 2.45) is 0 Å². The monoisotopic (exact) mass is 199 g/mol. The molecule has 0 aromatic heterocycles. The molecule has 1 atom stereocenters. The lowest BCUT2D eigenvalue weighted by Crippen LogP contribution is -2.36. The van der Waals surface area contributed by atoms with Gasteiger partial charge in [0.1, 0.15) is 0 Å². The first-order valence-electron chi connectivity index (χ1n) is 5.79. The molecule has 3 heteroatoms. The Labute approximate surface area is 88.5 Å². The van der Waals surface area contributed by atoms with Gasteiger partial charge in [-0.3, -0.25) is 0 Å². The highest BCUT2D eigenvalue weighted by atomic mass is 15.2. The Balaban J connectivity index is 2.15. The predicted molar refractivity (Wildman–Crippen MR) is 61.7 cm³/mol. The third-order valence-electron chi connectivity index (χ3n) is 2.76. The SMILES string of the molecule is CC1CN(CCCN(C)C)CCCN1. The van der Waals surface area contributed by atoms with Gasteiger partial charge < -0.3 is 15.1 Å². The van der Waals surface area contributed by atoms with Crippen molar-refractivity contribution in [1.29, 1.82) is 0 Å². The molecule has 3 nitrogen and oxygen atoms in total. The maximum atomic E-state index is 3.52. The summed E-state index contributed by atoms with van der Waals surface area (Å²) in [7, 11) is 4.29. The molecule has 0 radical (unpaired) electrons. The maximum Gasteiger partial charge on any atom is 0.0166 e. The van der Waals surface area contributed by atoms with E-state index in [-0.39, 0.29) is 0 Å². The molecule has 0 bridgehead atoms. The Morgan fingerprint density at radius 3 is 2.93 bits per heavy atom. The largest absolute Gasteiger partial charge is 0.313 e. The van der Waals surface area contributed by atoms with Crippen molar-refractivity contribution in [3.63, 3.8) is 0 Å². The average Bonchev–Trinajstić information content (AvgIpc) is 2.29. The van der Waals surface area contributed by atoms with Crippen LogP contribution in [0.25, 0.3) is 0 Å². The van der Waals surface area contributed by atoms with Crippen molar-refractivity contribution in [3.8, 4) is 0 Å². The minimum Gasteiger partial charge on any atom is -0.313 e. The molecule has 0 aromatic carbocycles. The van der Waals surface area contributed by atoms with Crippen LogP contribution in [-0.4, -0.2) is 62.7 Å². The van der Waals surface area contributed by atoms with Crippen molar-refractivity contribution in [3.05, 3.63) is 0 Å². The molecule has 0 aromatic rings. The van der Waals surface area contributed by atoms with Crippen molar-refractivity contribution >= 4 is 0 Å². The molecule has 1 heterocycles. The summed E-state index contributed by atoms with van der Waals surface area (Å²) in [6.07, 6.45) is 2.59. The van der Waals surface area contributed by atoms with E-state index in [0.717, 1.165) is 0 Å². The summed E-state index contributed by atoms with van der Waals surface area (Å²) in [4.78, 5) is 4.85. The van der Waals surface area contributed by atoms with E-state index in [1.165, 1.54) is 45.6 Å². The van der Waals surface area contributed by atoms with Gasteiger partial charge in [-0.1, -0.05) is 0 Å². The number of hydrogen-bond acceptors (Lipinski definition) is 3. The number of nitrogens with zero attached hydrogens (tertiary/aromatic N) is 2. The van der Waals surface area contributed by atoms with E-state index in [1.54, 1.807) is 0 Å². The van der Waals surface area contributed by atoms with E-state index < -0.39 is 0 Å². The maximum absolute atomic E-state index is 3.52. The summed E-state index contributed by atoms with van der Waals surface area (Å²) in [5.74, 6) is 0. The summed E-state index contributed by atoms with van der Waals surface area (Å²) in [5.41, 5.74) is 0. The van der Waals surface area contributed by atoms with Gasteiger partial charge in [0.25, 0.3) is 0 Å². The molecule has 1 saturated heterocycles. The Kier molecular flexibility index (Phi) is 5.45. The van der Waals surface area contributed by atoms with Crippen LogP contribution in [0.1, 0.15) is 19.8 Å².